The second-order valence-electron chi connectivity index (χ2n) is 4.48. The molecule has 0 saturated carbocycles. The molecule has 1 aromatic rings. The van der Waals surface area contributed by atoms with Crippen molar-refractivity contribution in [2.45, 2.75) is 31.6 Å². The van der Waals surface area contributed by atoms with Crippen LogP contribution in [0.4, 0.5) is 4.39 Å². The van der Waals surface area contributed by atoms with Gasteiger partial charge in [-0.25, -0.2) is 12.8 Å². The smallest absolute Gasteiger partial charge is 0.264 e. The van der Waals surface area contributed by atoms with Gasteiger partial charge in [-0.1, -0.05) is 26.7 Å². The molecule has 0 saturated heterocycles. The number of rotatable bonds is 6. The third kappa shape index (κ3) is 4.45. The lowest BCUT2D eigenvalue weighted by Gasteiger charge is -2.13. The molecule has 0 spiro atoms. The molecule has 1 rings (SSSR count). The van der Waals surface area contributed by atoms with Crippen LogP contribution in [-0.4, -0.2) is 20.9 Å². The maximum Gasteiger partial charge on any atom is 0.264 e. The van der Waals surface area contributed by atoms with Gasteiger partial charge >= 0.3 is 0 Å². The van der Waals surface area contributed by atoms with Crippen molar-refractivity contribution in [1.82, 2.24) is 5.32 Å². The average Bonchev–Trinajstić information content (AvgIpc) is 2.38. The Morgan fingerprint density at radius 3 is 2.45 bits per heavy atom. The number of benzene rings is 1. The minimum atomic E-state index is -4.21. The van der Waals surface area contributed by atoms with Crippen LogP contribution >= 0.6 is 10.7 Å². The van der Waals surface area contributed by atoms with Gasteiger partial charge in [0.05, 0.1) is 0 Å². The van der Waals surface area contributed by atoms with E-state index < -0.39 is 25.7 Å². The van der Waals surface area contributed by atoms with E-state index in [0.717, 1.165) is 25.0 Å². The number of hydrogen-bond donors (Lipinski definition) is 1. The molecule has 0 aromatic heterocycles. The Morgan fingerprint density at radius 2 is 1.95 bits per heavy atom. The van der Waals surface area contributed by atoms with Crippen LogP contribution in [0.3, 0.4) is 0 Å². The molecule has 1 aromatic carbocycles. The van der Waals surface area contributed by atoms with Gasteiger partial charge in [-0.05, 0) is 24.1 Å². The molecule has 0 aliphatic rings. The van der Waals surface area contributed by atoms with Crippen molar-refractivity contribution in [3.63, 3.8) is 0 Å². The highest BCUT2D eigenvalue weighted by molar-refractivity contribution is 8.13. The van der Waals surface area contributed by atoms with Crippen LogP contribution in [0.25, 0.3) is 0 Å². The van der Waals surface area contributed by atoms with Gasteiger partial charge in [-0.2, -0.15) is 0 Å². The fourth-order valence-electron chi connectivity index (χ4n) is 1.75. The van der Waals surface area contributed by atoms with Gasteiger partial charge in [0, 0.05) is 22.8 Å². The summed E-state index contributed by atoms with van der Waals surface area (Å²) in [6, 6.07) is 3.09. The van der Waals surface area contributed by atoms with Crippen LogP contribution < -0.4 is 5.32 Å². The molecule has 0 aliphatic heterocycles. The van der Waals surface area contributed by atoms with E-state index in [1.54, 1.807) is 0 Å². The van der Waals surface area contributed by atoms with Gasteiger partial charge in [0.2, 0.25) is 0 Å². The first-order valence-electron chi connectivity index (χ1n) is 6.32. The Kier molecular flexibility index (Phi) is 5.95. The number of amides is 1. The number of halogens is 2. The van der Waals surface area contributed by atoms with Crippen molar-refractivity contribution in [1.29, 1.82) is 0 Å². The summed E-state index contributed by atoms with van der Waals surface area (Å²) in [6.07, 6.45) is 1.86. The van der Waals surface area contributed by atoms with Gasteiger partial charge in [0.25, 0.3) is 15.0 Å². The van der Waals surface area contributed by atoms with Crippen LogP contribution in [0.5, 0.6) is 0 Å². The standard InChI is InChI=1S/C13H17ClFNO3S/c1-3-9(4-2)8-16-13(17)10-5-6-11(15)12(7-10)20(14,18)19/h5-7,9H,3-4,8H2,1-2H3,(H,16,17). The first-order valence-corrected chi connectivity index (χ1v) is 8.62. The van der Waals surface area contributed by atoms with E-state index in [1.165, 1.54) is 6.07 Å². The molecule has 0 unspecified atom stereocenters. The molecule has 0 atom stereocenters. The van der Waals surface area contributed by atoms with E-state index in [0.29, 0.717) is 12.5 Å². The molecular weight excluding hydrogens is 305 g/mol. The first-order chi connectivity index (χ1) is 9.29. The lowest BCUT2D eigenvalue weighted by molar-refractivity contribution is 0.0946. The van der Waals surface area contributed by atoms with Gasteiger partial charge in [0.1, 0.15) is 10.7 Å². The van der Waals surface area contributed by atoms with Gasteiger partial charge < -0.3 is 5.32 Å². The molecule has 0 radical (unpaired) electrons. The normalized spacial score (nSPS) is 11.7. The quantitative estimate of drug-likeness (QED) is 0.819. The Morgan fingerprint density at radius 1 is 1.35 bits per heavy atom. The van der Waals surface area contributed by atoms with E-state index >= 15 is 0 Å². The zero-order valence-corrected chi connectivity index (χ0v) is 12.9. The molecule has 4 nitrogen and oxygen atoms in total. The summed E-state index contributed by atoms with van der Waals surface area (Å²) in [5.74, 6) is -1.06. The molecule has 20 heavy (non-hydrogen) atoms. The summed E-state index contributed by atoms with van der Waals surface area (Å²) in [7, 11) is 0.901. The highest BCUT2D eigenvalue weighted by atomic mass is 35.7. The van der Waals surface area contributed by atoms with E-state index in [2.05, 4.69) is 5.32 Å². The van der Waals surface area contributed by atoms with Crippen LogP contribution in [0.2, 0.25) is 0 Å². The number of carbonyl (C=O) groups excluding carboxylic acids is 1. The van der Waals surface area contributed by atoms with E-state index in [-0.39, 0.29) is 5.56 Å². The molecule has 0 aliphatic carbocycles. The van der Waals surface area contributed by atoms with E-state index in [4.69, 9.17) is 10.7 Å². The molecular formula is C13H17ClFNO3S. The highest BCUT2D eigenvalue weighted by Gasteiger charge is 2.19. The number of hydrogen-bond acceptors (Lipinski definition) is 3. The Labute approximate surface area is 122 Å². The van der Waals surface area contributed by atoms with Crippen molar-refractivity contribution in [3.8, 4) is 0 Å². The predicted octanol–water partition coefficient (Wildman–Crippen LogP) is 2.92. The van der Waals surface area contributed by atoms with Crippen molar-refractivity contribution in [2.24, 2.45) is 5.92 Å². The third-order valence-corrected chi connectivity index (χ3v) is 4.50. The molecule has 1 amide bonds. The van der Waals surface area contributed by atoms with Crippen molar-refractivity contribution in [3.05, 3.63) is 29.6 Å². The molecule has 0 heterocycles. The molecule has 7 heteroatoms. The van der Waals surface area contributed by atoms with E-state index in [1.807, 2.05) is 13.8 Å². The Bertz CT molecular complexity index is 585. The average molecular weight is 322 g/mol. The zero-order chi connectivity index (χ0) is 15.3. The first kappa shape index (κ1) is 16.9. The molecule has 0 bridgehead atoms. The largest absolute Gasteiger partial charge is 0.352 e. The lowest BCUT2D eigenvalue weighted by Crippen LogP contribution is -2.29. The van der Waals surface area contributed by atoms with Crippen LogP contribution in [0.1, 0.15) is 37.0 Å². The maximum atomic E-state index is 13.4. The summed E-state index contributed by atoms with van der Waals surface area (Å²) in [5, 5.41) is 2.70. The Hall–Kier alpha value is -1.14. The summed E-state index contributed by atoms with van der Waals surface area (Å²) < 4.78 is 35.7. The van der Waals surface area contributed by atoms with Crippen molar-refractivity contribution < 1.29 is 17.6 Å². The second-order valence-corrected chi connectivity index (χ2v) is 7.01. The third-order valence-electron chi connectivity index (χ3n) is 3.16. The van der Waals surface area contributed by atoms with Crippen molar-refractivity contribution in [2.75, 3.05) is 6.54 Å². The minimum Gasteiger partial charge on any atom is -0.352 e. The van der Waals surface area contributed by atoms with Gasteiger partial charge in [0.15, 0.2) is 0 Å². The Balaban J connectivity index is 2.90. The topological polar surface area (TPSA) is 63.2 Å². The lowest BCUT2D eigenvalue weighted by atomic mass is 10.0. The van der Waals surface area contributed by atoms with Gasteiger partial charge in [-0.15, -0.1) is 0 Å². The molecule has 112 valence electrons. The minimum absolute atomic E-state index is 0.0663. The van der Waals surface area contributed by atoms with Crippen LogP contribution in [0.15, 0.2) is 23.1 Å². The van der Waals surface area contributed by atoms with Crippen molar-refractivity contribution >= 4 is 25.6 Å². The fourth-order valence-corrected chi connectivity index (χ4v) is 2.67. The zero-order valence-electron chi connectivity index (χ0n) is 11.3. The summed E-state index contributed by atoms with van der Waals surface area (Å²) >= 11 is 0. The van der Waals surface area contributed by atoms with Gasteiger partial charge in [-0.3, -0.25) is 4.79 Å². The SMILES string of the molecule is CCC(CC)CNC(=O)c1ccc(F)c(S(=O)(=O)Cl)c1. The summed E-state index contributed by atoms with van der Waals surface area (Å²) in [4.78, 5) is 11.2. The fraction of sp³-hybridized carbons (Fsp3) is 0.462. The van der Waals surface area contributed by atoms with E-state index in [9.17, 15) is 17.6 Å². The number of nitrogens with one attached hydrogen (secondary N) is 1. The highest BCUT2D eigenvalue weighted by Crippen LogP contribution is 2.20. The van der Waals surface area contributed by atoms with Crippen LogP contribution in [0, 0.1) is 11.7 Å². The van der Waals surface area contributed by atoms with Crippen LogP contribution in [-0.2, 0) is 9.05 Å². The summed E-state index contributed by atoms with van der Waals surface area (Å²) in [6.45, 7) is 4.54. The predicted molar refractivity (Wildman–Crippen MR) is 75.8 cm³/mol. The summed E-state index contributed by atoms with van der Waals surface area (Å²) in [5.41, 5.74) is 0.0663. The number of carbonyl (C=O) groups is 1. The molecule has 1 N–H and O–H groups in total. The molecule has 0 fully saturated rings. The second kappa shape index (κ2) is 7.04. The maximum absolute atomic E-state index is 13.4. The monoisotopic (exact) mass is 321 g/mol.